The SMILES string of the molecule is CC(=O)/C(SC#N)=C(\SC#N)c1ccccc1. The molecule has 0 saturated heterocycles. The minimum Gasteiger partial charge on any atom is -0.294 e. The zero-order valence-electron chi connectivity index (χ0n) is 9.01. The lowest BCUT2D eigenvalue weighted by atomic mass is 10.2. The number of thiocyanates is 2. The Morgan fingerprint density at radius 2 is 1.71 bits per heavy atom. The number of rotatable bonds is 4. The van der Waals surface area contributed by atoms with Gasteiger partial charge in [0, 0.05) is 4.91 Å². The molecule has 0 unspecified atom stereocenters. The van der Waals surface area contributed by atoms with E-state index in [0.717, 1.165) is 29.1 Å². The molecule has 0 atom stereocenters. The van der Waals surface area contributed by atoms with Crippen LogP contribution in [0.5, 0.6) is 0 Å². The van der Waals surface area contributed by atoms with Gasteiger partial charge in [0.15, 0.2) is 5.78 Å². The van der Waals surface area contributed by atoms with Crippen molar-refractivity contribution in [2.45, 2.75) is 6.92 Å². The first-order valence-electron chi connectivity index (χ1n) is 4.63. The highest BCUT2D eigenvalue weighted by Crippen LogP contribution is 2.35. The summed E-state index contributed by atoms with van der Waals surface area (Å²) in [5.41, 5.74) is 0.770. The van der Waals surface area contributed by atoms with Crippen LogP contribution in [-0.2, 0) is 4.79 Å². The van der Waals surface area contributed by atoms with Crippen LogP contribution in [0.25, 0.3) is 4.91 Å². The number of ketones is 1. The standard InChI is InChI=1S/C12H8N2OS2/c1-9(15)11(16-7-13)12(17-8-14)10-5-3-2-4-6-10/h2-6H,1H3/b12-11+. The van der Waals surface area contributed by atoms with E-state index in [1.807, 2.05) is 29.0 Å². The van der Waals surface area contributed by atoms with Crippen LogP contribution < -0.4 is 0 Å². The third kappa shape index (κ3) is 3.67. The summed E-state index contributed by atoms with van der Waals surface area (Å²) in [5.74, 6) is -0.210. The molecule has 0 aromatic heterocycles. The molecule has 0 aliphatic heterocycles. The maximum absolute atomic E-state index is 11.5. The van der Waals surface area contributed by atoms with E-state index < -0.39 is 0 Å². The van der Waals surface area contributed by atoms with Crippen molar-refractivity contribution in [2.24, 2.45) is 0 Å². The van der Waals surface area contributed by atoms with Crippen LogP contribution >= 0.6 is 23.5 Å². The molecule has 0 bridgehead atoms. The first-order valence-corrected chi connectivity index (χ1v) is 6.26. The minimum atomic E-state index is -0.210. The summed E-state index contributed by atoms with van der Waals surface area (Å²) in [4.78, 5) is 12.3. The molecule has 5 heteroatoms. The number of nitrogens with zero attached hydrogens (tertiary/aromatic N) is 2. The van der Waals surface area contributed by atoms with E-state index in [1.54, 1.807) is 12.1 Å². The Kier molecular flexibility index (Phi) is 5.35. The Morgan fingerprint density at radius 1 is 1.12 bits per heavy atom. The molecule has 84 valence electrons. The Hall–Kier alpha value is -1.69. The maximum atomic E-state index is 11.5. The van der Waals surface area contributed by atoms with Gasteiger partial charge in [0.05, 0.1) is 4.91 Å². The number of nitriles is 2. The Labute approximate surface area is 108 Å². The summed E-state index contributed by atoms with van der Waals surface area (Å²) < 4.78 is 0. The zero-order valence-corrected chi connectivity index (χ0v) is 10.6. The number of benzene rings is 1. The number of Topliss-reactive ketones (excluding diaryl/α,β-unsaturated/α-hetero) is 1. The molecule has 1 aromatic rings. The quantitative estimate of drug-likeness (QED) is 0.613. The average Bonchev–Trinajstić information content (AvgIpc) is 2.34. The van der Waals surface area contributed by atoms with Gasteiger partial charge in [-0.25, -0.2) is 0 Å². The summed E-state index contributed by atoms with van der Waals surface area (Å²) in [6, 6.07) is 9.11. The number of hydrogen-bond acceptors (Lipinski definition) is 5. The molecular formula is C12H8N2OS2. The monoisotopic (exact) mass is 260 g/mol. The van der Waals surface area contributed by atoms with Gasteiger partial charge in [0.25, 0.3) is 0 Å². The van der Waals surface area contributed by atoms with Crippen molar-refractivity contribution in [2.75, 3.05) is 0 Å². The van der Waals surface area contributed by atoms with Gasteiger partial charge in [-0.1, -0.05) is 30.3 Å². The van der Waals surface area contributed by atoms with E-state index in [0.29, 0.717) is 9.81 Å². The van der Waals surface area contributed by atoms with Crippen molar-refractivity contribution >= 4 is 34.2 Å². The van der Waals surface area contributed by atoms with Crippen LogP contribution in [0.2, 0.25) is 0 Å². The topological polar surface area (TPSA) is 64.7 Å². The summed E-state index contributed by atoms with van der Waals surface area (Å²) in [5, 5.41) is 21.3. The van der Waals surface area contributed by atoms with Crippen LogP contribution in [0.1, 0.15) is 12.5 Å². The van der Waals surface area contributed by atoms with Gasteiger partial charge in [-0.15, -0.1) is 0 Å². The molecule has 0 radical (unpaired) electrons. The first-order chi connectivity index (χ1) is 8.20. The van der Waals surface area contributed by atoms with Crippen molar-refractivity contribution in [3.63, 3.8) is 0 Å². The summed E-state index contributed by atoms with van der Waals surface area (Å²) >= 11 is 1.69. The highest BCUT2D eigenvalue weighted by atomic mass is 32.2. The van der Waals surface area contributed by atoms with Crippen molar-refractivity contribution in [1.29, 1.82) is 10.5 Å². The smallest absolute Gasteiger partial charge is 0.168 e. The van der Waals surface area contributed by atoms with Crippen molar-refractivity contribution in [3.05, 3.63) is 40.8 Å². The predicted octanol–water partition coefficient (Wildman–Crippen LogP) is 3.37. The van der Waals surface area contributed by atoms with E-state index >= 15 is 0 Å². The molecule has 0 aliphatic rings. The highest BCUT2D eigenvalue weighted by molar-refractivity contribution is 8.15. The fourth-order valence-corrected chi connectivity index (χ4v) is 2.47. The number of hydrogen-bond donors (Lipinski definition) is 0. The number of allylic oxidation sites excluding steroid dienone is 1. The van der Waals surface area contributed by atoms with E-state index in [-0.39, 0.29) is 5.78 Å². The summed E-state index contributed by atoms with van der Waals surface area (Å²) in [6.45, 7) is 1.39. The van der Waals surface area contributed by atoms with Crippen LogP contribution in [0.4, 0.5) is 0 Å². The van der Waals surface area contributed by atoms with Gasteiger partial charge in [-0.2, -0.15) is 10.5 Å². The Morgan fingerprint density at radius 3 is 2.18 bits per heavy atom. The molecule has 0 N–H and O–H groups in total. The van der Waals surface area contributed by atoms with E-state index in [9.17, 15) is 4.79 Å². The molecule has 0 saturated carbocycles. The second-order valence-corrected chi connectivity index (χ2v) is 4.56. The van der Waals surface area contributed by atoms with Crippen LogP contribution in [0.3, 0.4) is 0 Å². The van der Waals surface area contributed by atoms with E-state index in [1.165, 1.54) is 6.92 Å². The van der Waals surface area contributed by atoms with Gasteiger partial charge < -0.3 is 0 Å². The Bertz CT molecular complexity index is 524. The molecule has 17 heavy (non-hydrogen) atoms. The van der Waals surface area contributed by atoms with E-state index in [2.05, 4.69) is 0 Å². The third-order valence-corrected chi connectivity index (χ3v) is 3.51. The lowest BCUT2D eigenvalue weighted by molar-refractivity contribution is -0.112. The lowest BCUT2D eigenvalue weighted by Crippen LogP contribution is -1.95. The van der Waals surface area contributed by atoms with Gasteiger partial charge in [-0.05, 0) is 36.0 Å². The molecular weight excluding hydrogens is 252 g/mol. The van der Waals surface area contributed by atoms with Gasteiger partial charge >= 0.3 is 0 Å². The maximum Gasteiger partial charge on any atom is 0.168 e. The van der Waals surface area contributed by atoms with Crippen LogP contribution in [0.15, 0.2) is 35.2 Å². The Balaban J connectivity index is 3.33. The fraction of sp³-hybridized carbons (Fsp3) is 0.0833. The molecule has 0 spiro atoms. The normalized spacial score (nSPS) is 11.0. The summed E-state index contributed by atoms with van der Waals surface area (Å²) in [6.07, 6.45) is 0. The first kappa shape index (κ1) is 13.4. The highest BCUT2D eigenvalue weighted by Gasteiger charge is 2.15. The van der Waals surface area contributed by atoms with Crippen molar-refractivity contribution < 1.29 is 4.79 Å². The van der Waals surface area contributed by atoms with Gasteiger partial charge in [-0.3, -0.25) is 4.79 Å². The molecule has 3 nitrogen and oxygen atoms in total. The van der Waals surface area contributed by atoms with Gasteiger partial charge in [0.1, 0.15) is 10.8 Å². The molecule has 0 heterocycles. The second-order valence-electron chi connectivity index (χ2n) is 2.97. The predicted molar refractivity (Wildman–Crippen MR) is 70.5 cm³/mol. The molecule has 0 amide bonds. The third-order valence-electron chi connectivity index (χ3n) is 1.86. The molecule has 0 aliphatic carbocycles. The van der Waals surface area contributed by atoms with Crippen molar-refractivity contribution in [1.82, 2.24) is 0 Å². The largest absolute Gasteiger partial charge is 0.294 e. The number of thioether (sulfide) groups is 2. The lowest BCUT2D eigenvalue weighted by Gasteiger charge is -2.06. The molecule has 1 aromatic carbocycles. The minimum absolute atomic E-state index is 0.210. The van der Waals surface area contributed by atoms with E-state index in [4.69, 9.17) is 10.5 Å². The van der Waals surface area contributed by atoms with Gasteiger partial charge in [0.2, 0.25) is 0 Å². The molecule has 1 rings (SSSR count). The second kappa shape index (κ2) is 6.80. The number of carbonyl (C=O) groups is 1. The van der Waals surface area contributed by atoms with Crippen molar-refractivity contribution in [3.8, 4) is 10.8 Å². The van der Waals surface area contributed by atoms with Crippen LogP contribution in [-0.4, -0.2) is 5.78 Å². The average molecular weight is 260 g/mol. The summed E-state index contributed by atoms with van der Waals surface area (Å²) in [7, 11) is 0. The van der Waals surface area contributed by atoms with Crippen LogP contribution in [0, 0.1) is 21.3 Å². The molecule has 0 fully saturated rings. The fourth-order valence-electron chi connectivity index (χ4n) is 1.20. The number of carbonyl (C=O) groups excluding carboxylic acids is 1. The zero-order chi connectivity index (χ0) is 12.7.